The number of hydrogen-bond donors (Lipinski definition) is 2. The van der Waals surface area contributed by atoms with Crippen LogP contribution in [0.25, 0.3) is 11.1 Å². The van der Waals surface area contributed by atoms with Gasteiger partial charge in [-0.1, -0.05) is 78.9 Å². The quantitative estimate of drug-likeness (QED) is 0.0787. The lowest BCUT2D eigenvalue weighted by molar-refractivity contribution is -0.252. The van der Waals surface area contributed by atoms with Gasteiger partial charge in [0.2, 0.25) is 5.82 Å². The predicted molar refractivity (Wildman–Crippen MR) is 183 cm³/mol. The van der Waals surface area contributed by atoms with Gasteiger partial charge in [0.25, 0.3) is 5.91 Å². The third-order valence-electron chi connectivity index (χ3n) is 8.99. The lowest BCUT2D eigenvalue weighted by Crippen LogP contribution is -2.38. The normalized spacial score (nSPS) is 17.3. The summed E-state index contributed by atoms with van der Waals surface area (Å²) in [5, 5.41) is 11.8. The Labute approximate surface area is 297 Å². The summed E-state index contributed by atoms with van der Waals surface area (Å²) < 4.78 is 82.4. The number of carbonyl (C=O) groups is 1. The molecule has 0 radical (unpaired) electrons. The van der Waals surface area contributed by atoms with Crippen LogP contribution in [0.4, 0.5) is 22.0 Å². The van der Waals surface area contributed by atoms with E-state index in [2.05, 4.69) is 15.2 Å². The van der Waals surface area contributed by atoms with Crippen molar-refractivity contribution in [2.75, 3.05) is 20.1 Å². The zero-order valence-corrected chi connectivity index (χ0v) is 28.2. The Morgan fingerprint density at radius 3 is 2.15 bits per heavy atom. The van der Waals surface area contributed by atoms with Crippen LogP contribution in [-0.4, -0.2) is 47.1 Å². The number of rotatable bonds is 12. The number of halogens is 5. The van der Waals surface area contributed by atoms with E-state index in [1.807, 2.05) is 73.8 Å². The van der Waals surface area contributed by atoms with Crippen LogP contribution in [0.1, 0.15) is 57.1 Å². The summed E-state index contributed by atoms with van der Waals surface area (Å²) in [5.74, 6) is -12.6. The zero-order valence-electron chi connectivity index (χ0n) is 28.2. The molecule has 12 heteroatoms. The molecule has 1 amide bonds. The van der Waals surface area contributed by atoms with E-state index in [9.17, 15) is 31.9 Å². The number of nitrogens with one attached hydrogen (secondary N) is 1. The van der Waals surface area contributed by atoms with Gasteiger partial charge in [-0.3, -0.25) is 9.78 Å². The molecule has 1 saturated heterocycles. The van der Waals surface area contributed by atoms with E-state index in [0.29, 0.717) is 24.1 Å². The topological polar surface area (TPSA) is 83.9 Å². The van der Waals surface area contributed by atoms with Crippen molar-refractivity contribution in [3.63, 3.8) is 0 Å². The Hall–Kier alpha value is -5.01. The number of likely N-dealkylation sites (N-methyl/N-ethyl adjacent to an activating group) is 1. The first kappa shape index (κ1) is 36.8. The lowest BCUT2D eigenvalue weighted by atomic mass is 9.97. The van der Waals surface area contributed by atoms with Crippen LogP contribution in [-0.2, 0) is 29.0 Å². The van der Waals surface area contributed by atoms with Crippen molar-refractivity contribution in [1.29, 1.82) is 0 Å². The van der Waals surface area contributed by atoms with Crippen molar-refractivity contribution < 1.29 is 41.3 Å². The average Bonchev–Trinajstić information content (AvgIpc) is 3.18. The Morgan fingerprint density at radius 2 is 1.48 bits per heavy atom. The number of aliphatic hydroxyl groups excluding tert-OH is 1. The molecule has 5 aromatic rings. The van der Waals surface area contributed by atoms with Gasteiger partial charge in [-0.15, -0.1) is 0 Å². The van der Waals surface area contributed by atoms with E-state index in [-0.39, 0.29) is 25.4 Å². The number of aliphatic hydroxyl groups is 1. The van der Waals surface area contributed by atoms with Gasteiger partial charge in [0, 0.05) is 49.9 Å². The number of pyridine rings is 1. The molecule has 0 saturated carbocycles. The minimum Gasteiger partial charge on any atom is -0.392 e. The minimum atomic E-state index is -2.34. The number of carbonyl (C=O) groups excluding carboxylic acids is 1. The van der Waals surface area contributed by atoms with E-state index in [1.54, 1.807) is 30.5 Å². The minimum absolute atomic E-state index is 0.0611. The molecule has 270 valence electrons. The fourth-order valence-corrected chi connectivity index (χ4v) is 6.17. The van der Waals surface area contributed by atoms with Crippen molar-refractivity contribution >= 4 is 5.91 Å². The number of amides is 1. The maximum atomic E-state index is 14.2. The summed E-state index contributed by atoms with van der Waals surface area (Å²) in [6.45, 7) is 1.13. The summed E-state index contributed by atoms with van der Waals surface area (Å²) in [5.41, 5.74) is 3.93. The summed E-state index contributed by atoms with van der Waals surface area (Å²) in [6.07, 6.45) is 2.04. The summed E-state index contributed by atoms with van der Waals surface area (Å²) in [7, 11) is 2.04. The van der Waals surface area contributed by atoms with Gasteiger partial charge in [0.1, 0.15) is 5.56 Å². The van der Waals surface area contributed by atoms with Gasteiger partial charge in [0.15, 0.2) is 29.6 Å². The van der Waals surface area contributed by atoms with E-state index in [0.717, 1.165) is 40.9 Å². The molecule has 0 aliphatic carbocycles. The number of ether oxygens (including phenoxy) is 2. The molecule has 0 spiro atoms. The molecular weight excluding hydrogens is 681 g/mol. The summed E-state index contributed by atoms with van der Waals surface area (Å²) in [4.78, 5) is 19.2. The molecule has 1 fully saturated rings. The average molecular weight is 718 g/mol. The van der Waals surface area contributed by atoms with Gasteiger partial charge < -0.3 is 24.8 Å². The first-order valence-electron chi connectivity index (χ1n) is 16.7. The van der Waals surface area contributed by atoms with Crippen LogP contribution in [0, 0.1) is 29.1 Å². The highest BCUT2D eigenvalue weighted by Gasteiger charge is 2.33. The second kappa shape index (κ2) is 16.6. The van der Waals surface area contributed by atoms with Crippen molar-refractivity contribution in [3.05, 3.63) is 160 Å². The Balaban J connectivity index is 1.18. The van der Waals surface area contributed by atoms with Gasteiger partial charge in [-0.25, -0.2) is 22.0 Å². The van der Waals surface area contributed by atoms with Gasteiger partial charge in [0.05, 0.1) is 18.8 Å². The maximum absolute atomic E-state index is 14.2. The number of benzene rings is 4. The summed E-state index contributed by atoms with van der Waals surface area (Å²) in [6, 6.07) is 27.8. The van der Waals surface area contributed by atoms with Crippen LogP contribution in [0.3, 0.4) is 0 Å². The first-order chi connectivity index (χ1) is 25.1. The Morgan fingerprint density at radius 1 is 0.827 bits per heavy atom. The van der Waals surface area contributed by atoms with Gasteiger partial charge >= 0.3 is 0 Å². The second-order valence-electron chi connectivity index (χ2n) is 12.6. The second-order valence-corrected chi connectivity index (χ2v) is 12.6. The van der Waals surface area contributed by atoms with E-state index >= 15 is 0 Å². The van der Waals surface area contributed by atoms with Crippen LogP contribution >= 0.6 is 0 Å². The smallest absolute Gasteiger partial charge is 0.257 e. The lowest BCUT2D eigenvalue weighted by Gasteiger charge is -2.38. The number of hydrogen-bond acceptors (Lipinski definition) is 6. The van der Waals surface area contributed by atoms with Gasteiger partial charge in [-0.05, 0) is 47.0 Å². The third-order valence-corrected chi connectivity index (χ3v) is 8.99. The monoisotopic (exact) mass is 717 g/mol. The summed E-state index contributed by atoms with van der Waals surface area (Å²) >= 11 is 0. The Kier molecular flexibility index (Phi) is 11.7. The van der Waals surface area contributed by atoms with Crippen molar-refractivity contribution in [2.45, 2.75) is 44.5 Å². The van der Waals surface area contributed by atoms with Crippen LogP contribution in [0.5, 0.6) is 0 Å². The van der Waals surface area contributed by atoms with E-state index in [1.165, 1.54) is 0 Å². The molecule has 7 nitrogen and oxygen atoms in total. The molecule has 3 atom stereocenters. The maximum Gasteiger partial charge on any atom is 0.257 e. The highest BCUT2D eigenvalue weighted by Crippen LogP contribution is 2.39. The molecule has 6 rings (SSSR count). The Bertz CT molecular complexity index is 1970. The third kappa shape index (κ3) is 8.37. The highest BCUT2D eigenvalue weighted by molar-refractivity contribution is 5.95. The molecule has 0 bridgehead atoms. The molecule has 3 unspecified atom stereocenters. The molecule has 1 aromatic heterocycles. The molecule has 52 heavy (non-hydrogen) atoms. The van der Waals surface area contributed by atoms with Crippen LogP contribution in [0.15, 0.2) is 97.2 Å². The largest absolute Gasteiger partial charge is 0.392 e. The van der Waals surface area contributed by atoms with E-state index in [4.69, 9.17) is 9.47 Å². The fourth-order valence-electron chi connectivity index (χ4n) is 6.17. The van der Waals surface area contributed by atoms with Crippen molar-refractivity contribution in [1.82, 2.24) is 15.2 Å². The van der Waals surface area contributed by atoms with Crippen LogP contribution in [0.2, 0.25) is 0 Å². The molecule has 1 aliphatic rings. The molecule has 1 aliphatic heterocycles. The predicted octanol–water partition coefficient (Wildman–Crippen LogP) is 7.59. The molecule has 2 heterocycles. The van der Waals surface area contributed by atoms with Gasteiger partial charge in [-0.2, -0.15) is 0 Å². The molecule has 4 aromatic carbocycles. The number of aromatic nitrogens is 1. The van der Waals surface area contributed by atoms with Crippen LogP contribution < -0.4 is 5.32 Å². The molecule has 2 N–H and O–H groups in total. The van der Waals surface area contributed by atoms with E-state index < -0.39 is 46.8 Å². The first-order valence-corrected chi connectivity index (χ1v) is 16.7. The highest BCUT2D eigenvalue weighted by atomic mass is 19.2. The fraction of sp³-hybridized carbons (Fsp3) is 0.250. The zero-order chi connectivity index (χ0) is 36.8. The molecular formula is C40H36F5N3O4. The number of nitrogens with zero attached hydrogens (tertiary/aromatic N) is 2. The SMILES string of the molecule is CN(CCc1ccccn1)CC1CC(c2ccc(CO)cc2)OC(c2ccc(-c3ccccc3CNC(=O)c3c(F)c(F)c(F)c(F)c3F)cc2)O1. The van der Waals surface area contributed by atoms with Crippen molar-refractivity contribution in [2.24, 2.45) is 0 Å². The standard InChI is InChI=1S/C40H36F5N3O4/c1-48(19-17-29-7-4-5-18-46-29)22-30-20-32(26-11-9-24(23-49)10-12-26)52-40(51-30)27-15-13-25(14-16-27)31-8-3-2-6-28(31)21-47-39(50)33-34(41)36(43)38(45)37(44)35(33)42/h2-16,18,30,32,40,49H,17,19-23H2,1H3,(H,47,50). The van der Waals surface area contributed by atoms with Crippen molar-refractivity contribution in [3.8, 4) is 11.1 Å².